The number of amides is 1. The standard InChI is InChI=1S/C15H23ClN2OS/c1-12(11-18-9-3-2-4-10-18)17-15(19)8-6-13-5-7-14(16)20-13/h5,7,12H,2-4,6,8-11H2,1H3,(H,17,19). The van der Waals surface area contributed by atoms with Crippen LogP contribution in [-0.2, 0) is 11.2 Å². The van der Waals surface area contributed by atoms with Gasteiger partial charge in [0.05, 0.1) is 4.34 Å². The fourth-order valence-corrected chi connectivity index (χ4v) is 3.73. The van der Waals surface area contributed by atoms with Crippen molar-refractivity contribution in [3.8, 4) is 0 Å². The van der Waals surface area contributed by atoms with Crippen LogP contribution in [0.15, 0.2) is 12.1 Å². The first-order chi connectivity index (χ1) is 9.63. The third kappa shape index (κ3) is 5.43. The quantitative estimate of drug-likeness (QED) is 0.873. The molecule has 20 heavy (non-hydrogen) atoms. The summed E-state index contributed by atoms with van der Waals surface area (Å²) >= 11 is 7.44. The minimum absolute atomic E-state index is 0.138. The molecule has 112 valence electrons. The maximum Gasteiger partial charge on any atom is 0.220 e. The number of hydrogen-bond donors (Lipinski definition) is 1. The van der Waals surface area contributed by atoms with Gasteiger partial charge in [-0.05, 0) is 51.4 Å². The summed E-state index contributed by atoms with van der Waals surface area (Å²) in [4.78, 5) is 15.5. The molecule has 1 aromatic heterocycles. The monoisotopic (exact) mass is 314 g/mol. The van der Waals surface area contributed by atoms with Gasteiger partial charge in [0.2, 0.25) is 5.91 Å². The first-order valence-corrected chi connectivity index (χ1v) is 8.59. The average molecular weight is 315 g/mol. The molecule has 0 aliphatic carbocycles. The number of rotatable bonds is 6. The lowest BCUT2D eigenvalue weighted by Crippen LogP contribution is -2.43. The molecular weight excluding hydrogens is 292 g/mol. The third-order valence-electron chi connectivity index (χ3n) is 3.62. The lowest BCUT2D eigenvalue weighted by atomic mass is 10.1. The van der Waals surface area contributed by atoms with Gasteiger partial charge in [0, 0.05) is 23.9 Å². The molecule has 1 saturated heterocycles. The van der Waals surface area contributed by atoms with E-state index in [0.717, 1.165) is 17.3 Å². The van der Waals surface area contributed by atoms with Crippen molar-refractivity contribution in [3.05, 3.63) is 21.3 Å². The van der Waals surface area contributed by atoms with Gasteiger partial charge in [-0.3, -0.25) is 4.79 Å². The molecule has 1 amide bonds. The molecule has 1 unspecified atom stereocenters. The fraction of sp³-hybridized carbons (Fsp3) is 0.667. The number of thiophene rings is 1. The minimum Gasteiger partial charge on any atom is -0.352 e. The highest BCUT2D eigenvalue weighted by Gasteiger charge is 2.15. The molecule has 1 fully saturated rings. The van der Waals surface area contributed by atoms with Crippen LogP contribution in [0.4, 0.5) is 0 Å². The molecule has 2 rings (SSSR count). The molecule has 5 heteroatoms. The Hall–Kier alpha value is -0.580. The fourth-order valence-electron chi connectivity index (χ4n) is 2.64. The van der Waals surface area contributed by atoms with E-state index >= 15 is 0 Å². The molecule has 1 aromatic rings. The normalized spacial score (nSPS) is 17.9. The van der Waals surface area contributed by atoms with Gasteiger partial charge in [-0.2, -0.15) is 0 Å². The Kier molecular flexibility index (Phi) is 6.33. The van der Waals surface area contributed by atoms with E-state index in [2.05, 4.69) is 17.1 Å². The number of hydrogen-bond acceptors (Lipinski definition) is 3. The number of carbonyl (C=O) groups is 1. The summed E-state index contributed by atoms with van der Waals surface area (Å²) in [7, 11) is 0. The van der Waals surface area contributed by atoms with Crippen LogP contribution >= 0.6 is 22.9 Å². The van der Waals surface area contributed by atoms with Crippen LogP contribution < -0.4 is 5.32 Å². The Balaban J connectivity index is 1.65. The summed E-state index contributed by atoms with van der Waals surface area (Å²) in [6.45, 7) is 5.41. The van der Waals surface area contributed by atoms with Crippen molar-refractivity contribution in [3.63, 3.8) is 0 Å². The average Bonchev–Trinajstić information content (AvgIpc) is 2.83. The molecule has 0 aromatic carbocycles. The van der Waals surface area contributed by atoms with Crippen LogP contribution in [0.5, 0.6) is 0 Å². The Morgan fingerprint density at radius 2 is 2.15 bits per heavy atom. The molecule has 1 aliphatic rings. The van der Waals surface area contributed by atoms with Gasteiger partial charge >= 0.3 is 0 Å². The molecule has 0 bridgehead atoms. The van der Waals surface area contributed by atoms with Gasteiger partial charge in [-0.1, -0.05) is 18.0 Å². The Morgan fingerprint density at radius 1 is 1.40 bits per heavy atom. The zero-order valence-electron chi connectivity index (χ0n) is 12.0. The second-order valence-corrected chi connectivity index (χ2v) is 7.34. The molecule has 0 saturated carbocycles. The van der Waals surface area contributed by atoms with Crippen LogP contribution in [0.3, 0.4) is 0 Å². The van der Waals surface area contributed by atoms with E-state index in [-0.39, 0.29) is 11.9 Å². The van der Waals surface area contributed by atoms with E-state index in [1.807, 2.05) is 12.1 Å². The SMILES string of the molecule is CC(CN1CCCCC1)NC(=O)CCc1ccc(Cl)s1. The second-order valence-electron chi connectivity index (χ2n) is 5.54. The zero-order valence-corrected chi connectivity index (χ0v) is 13.6. The van der Waals surface area contributed by atoms with Crippen molar-refractivity contribution in [1.82, 2.24) is 10.2 Å². The summed E-state index contributed by atoms with van der Waals surface area (Å²) in [5, 5.41) is 3.10. The van der Waals surface area contributed by atoms with Crippen LogP contribution in [0.1, 0.15) is 37.5 Å². The zero-order chi connectivity index (χ0) is 14.4. The van der Waals surface area contributed by atoms with Crippen LogP contribution in [0.25, 0.3) is 0 Å². The molecule has 3 nitrogen and oxygen atoms in total. The van der Waals surface area contributed by atoms with E-state index in [9.17, 15) is 4.79 Å². The van der Waals surface area contributed by atoms with Crippen molar-refractivity contribution in [2.45, 2.75) is 45.1 Å². The van der Waals surface area contributed by atoms with Gasteiger partial charge in [-0.15, -0.1) is 11.3 Å². The number of nitrogens with one attached hydrogen (secondary N) is 1. The number of nitrogens with zero attached hydrogens (tertiary/aromatic N) is 1. The van der Waals surface area contributed by atoms with Crippen molar-refractivity contribution in [2.24, 2.45) is 0 Å². The number of piperidine rings is 1. The van der Waals surface area contributed by atoms with E-state index in [1.165, 1.54) is 37.2 Å². The molecule has 1 N–H and O–H groups in total. The Labute approximate surface area is 130 Å². The van der Waals surface area contributed by atoms with Gasteiger partial charge in [0.1, 0.15) is 0 Å². The first-order valence-electron chi connectivity index (χ1n) is 7.39. The Bertz CT molecular complexity index is 429. The van der Waals surface area contributed by atoms with Crippen molar-refractivity contribution in [1.29, 1.82) is 0 Å². The maximum atomic E-state index is 11.9. The summed E-state index contributed by atoms with van der Waals surface area (Å²) in [5.74, 6) is 0.138. The maximum absolute atomic E-state index is 11.9. The van der Waals surface area contributed by atoms with Gasteiger partial charge < -0.3 is 10.2 Å². The van der Waals surface area contributed by atoms with Crippen molar-refractivity contribution in [2.75, 3.05) is 19.6 Å². The number of likely N-dealkylation sites (tertiary alicyclic amines) is 1. The summed E-state index contributed by atoms with van der Waals surface area (Å²) in [6.07, 6.45) is 5.25. The van der Waals surface area contributed by atoms with Crippen LogP contribution in [0.2, 0.25) is 4.34 Å². The second kappa shape index (κ2) is 8.01. The lowest BCUT2D eigenvalue weighted by molar-refractivity contribution is -0.121. The summed E-state index contributed by atoms with van der Waals surface area (Å²) < 4.78 is 0.791. The highest BCUT2D eigenvalue weighted by molar-refractivity contribution is 7.16. The first kappa shape index (κ1) is 15.8. The topological polar surface area (TPSA) is 32.3 Å². The summed E-state index contributed by atoms with van der Waals surface area (Å²) in [5.41, 5.74) is 0. The highest BCUT2D eigenvalue weighted by atomic mass is 35.5. The molecule has 1 atom stereocenters. The Morgan fingerprint density at radius 3 is 2.80 bits per heavy atom. The predicted molar refractivity (Wildman–Crippen MR) is 85.5 cm³/mol. The molecule has 0 spiro atoms. The van der Waals surface area contributed by atoms with Crippen LogP contribution in [-0.4, -0.2) is 36.5 Å². The molecular formula is C15H23ClN2OS. The van der Waals surface area contributed by atoms with Crippen LogP contribution in [0, 0.1) is 0 Å². The lowest BCUT2D eigenvalue weighted by Gasteiger charge is -2.29. The molecule has 0 radical (unpaired) electrons. The largest absolute Gasteiger partial charge is 0.352 e. The van der Waals surface area contributed by atoms with E-state index < -0.39 is 0 Å². The smallest absolute Gasteiger partial charge is 0.220 e. The number of aryl methyl sites for hydroxylation is 1. The number of carbonyl (C=O) groups excluding carboxylic acids is 1. The van der Waals surface area contributed by atoms with Crippen molar-refractivity contribution >= 4 is 28.8 Å². The molecule has 2 heterocycles. The minimum atomic E-state index is 0.138. The number of halogens is 1. The highest BCUT2D eigenvalue weighted by Crippen LogP contribution is 2.22. The van der Waals surface area contributed by atoms with Gasteiger partial charge in [0.25, 0.3) is 0 Å². The van der Waals surface area contributed by atoms with Gasteiger partial charge in [-0.25, -0.2) is 0 Å². The van der Waals surface area contributed by atoms with E-state index in [1.54, 1.807) is 11.3 Å². The third-order valence-corrected chi connectivity index (χ3v) is 4.91. The van der Waals surface area contributed by atoms with E-state index in [0.29, 0.717) is 6.42 Å². The van der Waals surface area contributed by atoms with Crippen molar-refractivity contribution < 1.29 is 4.79 Å². The predicted octanol–water partition coefficient (Wildman–Crippen LogP) is 3.32. The van der Waals surface area contributed by atoms with E-state index in [4.69, 9.17) is 11.6 Å². The van der Waals surface area contributed by atoms with Gasteiger partial charge in [0.15, 0.2) is 0 Å². The molecule has 1 aliphatic heterocycles. The summed E-state index contributed by atoms with van der Waals surface area (Å²) in [6, 6.07) is 4.11.